The third-order valence-electron chi connectivity index (χ3n) is 2.81. The highest BCUT2D eigenvalue weighted by atomic mass is 32.1. The SMILES string of the molecule is CC(C)c1nc(N2CCOCC2)sc1C(=O)NN. The standard InChI is InChI=1S/C11H18N4O2S/c1-7(2)8-9(10(16)14-12)18-11(13-8)15-3-5-17-6-4-15/h7H,3-6,12H2,1-2H3,(H,14,16). The molecular formula is C11H18N4O2S. The fourth-order valence-electron chi connectivity index (χ4n) is 1.83. The number of thiazole rings is 1. The zero-order valence-electron chi connectivity index (χ0n) is 10.6. The summed E-state index contributed by atoms with van der Waals surface area (Å²) in [6.07, 6.45) is 0. The smallest absolute Gasteiger partial charge is 0.277 e. The first-order chi connectivity index (χ1) is 8.63. The molecular weight excluding hydrogens is 252 g/mol. The number of amides is 1. The summed E-state index contributed by atoms with van der Waals surface area (Å²) in [6, 6.07) is 0. The lowest BCUT2D eigenvalue weighted by Gasteiger charge is -2.26. The summed E-state index contributed by atoms with van der Waals surface area (Å²) < 4.78 is 5.31. The Labute approximate surface area is 110 Å². The maximum atomic E-state index is 11.7. The van der Waals surface area contributed by atoms with E-state index in [1.165, 1.54) is 11.3 Å². The van der Waals surface area contributed by atoms with Gasteiger partial charge >= 0.3 is 0 Å². The lowest BCUT2D eigenvalue weighted by molar-refractivity contribution is 0.0956. The molecule has 0 spiro atoms. The first-order valence-corrected chi connectivity index (χ1v) is 6.79. The molecule has 7 heteroatoms. The minimum absolute atomic E-state index is 0.198. The normalized spacial score (nSPS) is 16.1. The fourth-order valence-corrected chi connectivity index (χ4v) is 3.01. The maximum Gasteiger partial charge on any atom is 0.277 e. The summed E-state index contributed by atoms with van der Waals surface area (Å²) in [5, 5.41) is 0.876. The predicted octanol–water partition coefficient (Wildman–Crippen LogP) is 0.707. The second-order valence-electron chi connectivity index (χ2n) is 4.44. The Bertz CT molecular complexity index is 427. The van der Waals surface area contributed by atoms with Gasteiger partial charge in [-0.25, -0.2) is 10.8 Å². The molecule has 18 heavy (non-hydrogen) atoms. The van der Waals surface area contributed by atoms with Gasteiger partial charge in [-0.3, -0.25) is 10.2 Å². The van der Waals surface area contributed by atoms with E-state index < -0.39 is 0 Å². The van der Waals surface area contributed by atoms with Gasteiger partial charge in [0.15, 0.2) is 5.13 Å². The van der Waals surface area contributed by atoms with E-state index in [9.17, 15) is 4.79 Å². The summed E-state index contributed by atoms with van der Waals surface area (Å²) in [5.41, 5.74) is 2.99. The van der Waals surface area contributed by atoms with Crippen molar-refractivity contribution in [3.8, 4) is 0 Å². The van der Waals surface area contributed by atoms with Gasteiger partial charge < -0.3 is 9.64 Å². The van der Waals surface area contributed by atoms with Crippen LogP contribution in [0.5, 0.6) is 0 Å². The largest absolute Gasteiger partial charge is 0.378 e. The molecule has 0 aromatic carbocycles. The second-order valence-corrected chi connectivity index (χ2v) is 5.42. The molecule has 1 aromatic heterocycles. The van der Waals surface area contributed by atoms with Crippen LogP contribution in [0.3, 0.4) is 0 Å². The first kappa shape index (κ1) is 13.3. The van der Waals surface area contributed by atoms with Crippen LogP contribution in [0.1, 0.15) is 35.1 Å². The van der Waals surface area contributed by atoms with Gasteiger partial charge in [0.2, 0.25) is 0 Å². The first-order valence-electron chi connectivity index (χ1n) is 5.98. The summed E-state index contributed by atoms with van der Waals surface area (Å²) in [6.45, 7) is 7.07. The number of nitrogens with zero attached hydrogens (tertiary/aromatic N) is 2. The molecule has 1 aliphatic rings. The van der Waals surface area contributed by atoms with Crippen molar-refractivity contribution in [3.63, 3.8) is 0 Å². The molecule has 100 valence electrons. The number of nitrogens with two attached hydrogens (primary N) is 1. The molecule has 1 saturated heterocycles. The molecule has 2 heterocycles. The molecule has 6 nitrogen and oxygen atoms in total. The van der Waals surface area contributed by atoms with Gasteiger partial charge in [0.25, 0.3) is 5.91 Å². The monoisotopic (exact) mass is 270 g/mol. The number of carbonyl (C=O) groups excluding carboxylic acids is 1. The number of hydrogen-bond acceptors (Lipinski definition) is 6. The Balaban J connectivity index is 2.29. The van der Waals surface area contributed by atoms with Crippen molar-refractivity contribution in [2.24, 2.45) is 5.84 Å². The van der Waals surface area contributed by atoms with E-state index in [0.29, 0.717) is 18.1 Å². The highest BCUT2D eigenvalue weighted by Gasteiger charge is 2.23. The quantitative estimate of drug-likeness (QED) is 0.480. The molecule has 1 fully saturated rings. The van der Waals surface area contributed by atoms with Crippen LogP contribution in [-0.2, 0) is 4.74 Å². The number of aromatic nitrogens is 1. The van der Waals surface area contributed by atoms with Crippen LogP contribution in [0, 0.1) is 0 Å². The van der Waals surface area contributed by atoms with Gasteiger partial charge in [-0.1, -0.05) is 25.2 Å². The van der Waals surface area contributed by atoms with Crippen molar-refractivity contribution in [2.45, 2.75) is 19.8 Å². The Morgan fingerprint density at radius 3 is 2.72 bits per heavy atom. The number of nitrogen functional groups attached to an aromatic ring is 1. The minimum atomic E-state index is -0.268. The maximum absolute atomic E-state index is 11.7. The predicted molar refractivity (Wildman–Crippen MR) is 70.9 cm³/mol. The van der Waals surface area contributed by atoms with E-state index in [0.717, 1.165) is 23.9 Å². The molecule has 2 rings (SSSR count). The molecule has 0 radical (unpaired) electrons. The van der Waals surface area contributed by atoms with E-state index >= 15 is 0 Å². The molecule has 0 saturated carbocycles. The highest BCUT2D eigenvalue weighted by Crippen LogP contribution is 2.31. The van der Waals surface area contributed by atoms with Crippen LogP contribution in [0.2, 0.25) is 0 Å². The molecule has 3 N–H and O–H groups in total. The van der Waals surface area contributed by atoms with E-state index in [-0.39, 0.29) is 11.8 Å². The summed E-state index contributed by atoms with van der Waals surface area (Å²) in [5.74, 6) is 5.14. The lowest BCUT2D eigenvalue weighted by atomic mass is 10.1. The molecule has 0 atom stereocenters. The van der Waals surface area contributed by atoms with Crippen molar-refractivity contribution in [1.29, 1.82) is 0 Å². The van der Waals surface area contributed by atoms with E-state index in [2.05, 4.69) is 15.3 Å². The minimum Gasteiger partial charge on any atom is -0.378 e. The van der Waals surface area contributed by atoms with Crippen LogP contribution >= 0.6 is 11.3 Å². The third kappa shape index (κ3) is 2.63. The molecule has 1 aromatic rings. The third-order valence-corrected chi connectivity index (χ3v) is 3.94. The van der Waals surface area contributed by atoms with Crippen LogP contribution in [0.4, 0.5) is 5.13 Å². The highest BCUT2D eigenvalue weighted by molar-refractivity contribution is 7.17. The topological polar surface area (TPSA) is 80.5 Å². The number of nitrogens with one attached hydrogen (secondary N) is 1. The average molecular weight is 270 g/mol. The fraction of sp³-hybridized carbons (Fsp3) is 0.636. The molecule has 1 aliphatic heterocycles. The summed E-state index contributed by atoms with van der Waals surface area (Å²) >= 11 is 1.39. The molecule has 1 amide bonds. The Kier molecular flexibility index (Phi) is 4.15. The summed E-state index contributed by atoms with van der Waals surface area (Å²) in [4.78, 5) is 19.1. The van der Waals surface area contributed by atoms with Gasteiger partial charge in [-0.15, -0.1) is 0 Å². The van der Waals surface area contributed by atoms with Crippen molar-refractivity contribution in [3.05, 3.63) is 10.6 Å². The van der Waals surface area contributed by atoms with Crippen molar-refractivity contribution in [1.82, 2.24) is 10.4 Å². The van der Waals surface area contributed by atoms with E-state index in [1.54, 1.807) is 0 Å². The van der Waals surface area contributed by atoms with Crippen molar-refractivity contribution < 1.29 is 9.53 Å². The number of morpholine rings is 1. The van der Waals surface area contributed by atoms with Gasteiger partial charge in [-0.05, 0) is 5.92 Å². The number of rotatable bonds is 3. The molecule has 0 aliphatic carbocycles. The zero-order chi connectivity index (χ0) is 13.1. The lowest BCUT2D eigenvalue weighted by Crippen LogP contribution is -2.36. The Hall–Kier alpha value is -1.18. The van der Waals surface area contributed by atoms with Gasteiger partial charge in [0.1, 0.15) is 4.88 Å². The van der Waals surface area contributed by atoms with E-state index in [1.807, 2.05) is 13.8 Å². The van der Waals surface area contributed by atoms with Crippen LogP contribution in [-0.4, -0.2) is 37.2 Å². The zero-order valence-corrected chi connectivity index (χ0v) is 11.4. The number of hydrogen-bond donors (Lipinski definition) is 2. The second kappa shape index (κ2) is 5.64. The van der Waals surface area contributed by atoms with Gasteiger partial charge in [0.05, 0.1) is 18.9 Å². The van der Waals surface area contributed by atoms with Crippen LogP contribution in [0.25, 0.3) is 0 Å². The van der Waals surface area contributed by atoms with Gasteiger partial charge in [0, 0.05) is 13.1 Å². The Morgan fingerprint density at radius 2 is 2.17 bits per heavy atom. The number of ether oxygens (including phenoxy) is 1. The van der Waals surface area contributed by atoms with Crippen molar-refractivity contribution >= 4 is 22.4 Å². The average Bonchev–Trinajstić information content (AvgIpc) is 2.84. The van der Waals surface area contributed by atoms with Crippen LogP contribution < -0.4 is 16.2 Å². The number of anilines is 1. The number of carbonyl (C=O) groups is 1. The van der Waals surface area contributed by atoms with Crippen molar-refractivity contribution in [2.75, 3.05) is 31.2 Å². The summed E-state index contributed by atoms with van der Waals surface area (Å²) in [7, 11) is 0. The molecule has 0 bridgehead atoms. The van der Waals surface area contributed by atoms with Crippen LogP contribution in [0.15, 0.2) is 0 Å². The number of hydrazine groups is 1. The molecule has 0 unspecified atom stereocenters. The van der Waals surface area contributed by atoms with E-state index in [4.69, 9.17) is 10.6 Å². The van der Waals surface area contributed by atoms with Gasteiger partial charge in [-0.2, -0.15) is 0 Å². The Morgan fingerprint density at radius 1 is 1.50 bits per heavy atom.